The van der Waals surface area contributed by atoms with Gasteiger partial charge >= 0.3 is 0 Å². The maximum absolute atomic E-state index is 3.72. The Morgan fingerprint density at radius 1 is 0.478 bits per heavy atom. The normalized spacial score (nSPS) is 16.8. The molecule has 0 aliphatic carbocycles. The Kier molecular flexibility index (Phi) is 13.4. The second-order valence-corrected chi connectivity index (χ2v) is 23.6. The van der Waals surface area contributed by atoms with E-state index >= 15 is 0 Å². The van der Waals surface area contributed by atoms with Gasteiger partial charge in [-0.15, -0.1) is 0 Å². The molecular weight excluding hydrogens is 969 g/mol. The summed E-state index contributed by atoms with van der Waals surface area (Å²) in [6.45, 7) is 24.2. The Balaban J connectivity index is 1.12. The van der Waals surface area contributed by atoms with Crippen molar-refractivity contribution < 1.29 is 9.13 Å². The van der Waals surface area contributed by atoms with Crippen LogP contribution in [0.25, 0.3) is 67.0 Å². The number of halogens is 2. The summed E-state index contributed by atoms with van der Waals surface area (Å²) in [7, 11) is 0. The molecule has 2 unspecified atom stereocenters. The predicted molar refractivity (Wildman–Crippen MR) is 299 cm³/mol. The second kappa shape index (κ2) is 19.1. The van der Waals surface area contributed by atoms with Crippen LogP contribution in [0.2, 0.25) is 0 Å². The molecule has 0 amide bonds. The number of aryl methyl sites for hydroxylation is 2. The first-order valence-corrected chi connectivity index (χ1v) is 26.6. The average Bonchev–Trinajstić information content (AvgIpc) is 3.34. The lowest BCUT2D eigenvalue weighted by Gasteiger charge is -2.48. The molecule has 0 spiro atoms. The zero-order chi connectivity index (χ0) is 48.9. The molecule has 2 atom stereocenters. The number of hydrogen-bond acceptors (Lipinski definition) is 0. The summed E-state index contributed by atoms with van der Waals surface area (Å²) in [5.41, 5.74) is 20.3. The molecule has 6 aromatic carbocycles. The summed E-state index contributed by atoms with van der Waals surface area (Å²) in [4.78, 5) is 0. The van der Waals surface area contributed by atoms with E-state index in [-0.39, 0.29) is 21.8 Å². The van der Waals surface area contributed by atoms with Gasteiger partial charge in [-0.25, -0.2) is 0 Å². The Bertz CT molecular complexity index is 3070. The number of fused-ring (bicyclic) bond motifs is 3. The molecule has 0 bridgehead atoms. The van der Waals surface area contributed by atoms with Crippen molar-refractivity contribution in [3.8, 4) is 67.0 Å². The van der Waals surface area contributed by atoms with Crippen LogP contribution in [0.3, 0.4) is 0 Å². The average molecular weight is 1040 g/mol. The monoisotopic (exact) mass is 1030 g/mol. The number of pyridine rings is 2. The van der Waals surface area contributed by atoms with Gasteiger partial charge in [0.25, 0.3) is 0 Å². The minimum absolute atomic E-state index is 0.0908. The summed E-state index contributed by atoms with van der Waals surface area (Å²) in [5.74, 6) is 0. The van der Waals surface area contributed by atoms with Gasteiger partial charge in [0.05, 0.1) is 11.0 Å². The third-order valence-electron chi connectivity index (χ3n) is 15.6. The molecule has 1 aliphatic heterocycles. The van der Waals surface area contributed by atoms with Crippen LogP contribution in [0.4, 0.5) is 0 Å². The van der Waals surface area contributed by atoms with Crippen LogP contribution < -0.4 is 9.13 Å². The van der Waals surface area contributed by atoms with Crippen LogP contribution in [-0.2, 0) is 28.3 Å². The van der Waals surface area contributed by atoms with Crippen molar-refractivity contribution in [3.05, 3.63) is 201 Å². The van der Waals surface area contributed by atoms with Gasteiger partial charge in [-0.1, -0.05) is 160 Å². The van der Waals surface area contributed by atoms with Crippen molar-refractivity contribution in [2.75, 3.05) is 0 Å². The number of nitrogens with zero attached hydrogens (tertiary/aromatic N) is 2. The molecular formula is C65H68Br2N2+2. The van der Waals surface area contributed by atoms with E-state index in [1.54, 1.807) is 0 Å². The molecule has 4 heteroatoms. The number of hydrogen-bond donors (Lipinski definition) is 0. The standard InChI is InChI=1S/C65H68Br2N2/c1-11-64(10)65(12-2,32-17-34-68-33-15-13-18-60(68)57-41-47(21-20-44(57)3)52-39-55(66)43-56(67)40-52)59-31-26-48(42-58(59)61-19-14-16-35-69(61)64)51-37-49(45-22-27-53(28-23-45)62(4,5)6)36-50(38-51)46-24-29-54(30-25-46)63(7,8)9/h13-16,18-31,33,35-43H,11-12,17,32,34H2,1-10H3/q+2. The van der Waals surface area contributed by atoms with Gasteiger partial charge in [-0.05, 0) is 158 Å². The van der Waals surface area contributed by atoms with Crippen LogP contribution in [0.5, 0.6) is 0 Å². The molecule has 350 valence electrons. The molecule has 0 saturated carbocycles. The van der Waals surface area contributed by atoms with Crippen molar-refractivity contribution in [2.24, 2.45) is 0 Å². The third kappa shape index (κ3) is 9.37. The van der Waals surface area contributed by atoms with Gasteiger partial charge in [0.15, 0.2) is 17.9 Å². The van der Waals surface area contributed by atoms with Crippen molar-refractivity contribution in [3.63, 3.8) is 0 Å². The fraction of sp³-hybridized carbons (Fsp3) is 0.292. The Morgan fingerprint density at radius 2 is 0.971 bits per heavy atom. The number of benzene rings is 6. The minimum Gasteiger partial charge on any atom is -0.198 e. The maximum atomic E-state index is 3.72. The van der Waals surface area contributed by atoms with Crippen molar-refractivity contribution in [1.82, 2.24) is 0 Å². The highest BCUT2D eigenvalue weighted by molar-refractivity contribution is 9.11. The van der Waals surface area contributed by atoms with E-state index in [1.165, 1.54) is 89.3 Å². The molecule has 9 rings (SSSR count). The van der Waals surface area contributed by atoms with Crippen LogP contribution in [0, 0.1) is 6.92 Å². The first kappa shape index (κ1) is 48.6. The highest BCUT2D eigenvalue weighted by Gasteiger charge is 2.58. The fourth-order valence-corrected chi connectivity index (χ4v) is 12.6. The summed E-state index contributed by atoms with van der Waals surface area (Å²) in [6, 6.07) is 59.9. The maximum Gasteiger partial charge on any atom is 0.213 e. The van der Waals surface area contributed by atoms with Gasteiger partial charge in [0.1, 0.15) is 6.54 Å². The third-order valence-corrected chi connectivity index (χ3v) is 16.5. The molecule has 0 fully saturated rings. The van der Waals surface area contributed by atoms with Crippen LogP contribution in [0.1, 0.15) is 110 Å². The van der Waals surface area contributed by atoms with E-state index in [2.05, 4.69) is 280 Å². The lowest BCUT2D eigenvalue weighted by atomic mass is 9.57. The molecule has 0 N–H and O–H groups in total. The van der Waals surface area contributed by atoms with Gasteiger partial charge in [0.2, 0.25) is 11.4 Å². The molecule has 3 heterocycles. The fourth-order valence-electron chi connectivity index (χ4n) is 11.3. The zero-order valence-electron chi connectivity index (χ0n) is 42.4. The van der Waals surface area contributed by atoms with E-state index in [0.29, 0.717) is 0 Å². The summed E-state index contributed by atoms with van der Waals surface area (Å²) in [6.07, 6.45) is 8.79. The smallest absolute Gasteiger partial charge is 0.198 e. The van der Waals surface area contributed by atoms with Crippen LogP contribution in [-0.4, -0.2) is 0 Å². The Morgan fingerprint density at radius 3 is 1.52 bits per heavy atom. The topological polar surface area (TPSA) is 7.76 Å². The summed E-state index contributed by atoms with van der Waals surface area (Å²) < 4.78 is 7.25. The van der Waals surface area contributed by atoms with E-state index in [0.717, 1.165) is 41.2 Å². The first-order chi connectivity index (χ1) is 32.9. The highest BCUT2D eigenvalue weighted by atomic mass is 79.9. The van der Waals surface area contributed by atoms with Gasteiger partial charge in [-0.2, -0.15) is 9.13 Å². The van der Waals surface area contributed by atoms with Gasteiger partial charge in [0, 0.05) is 58.5 Å². The van der Waals surface area contributed by atoms with Gasteiger partial charge in [-0.3, -0.25) is 0 Å². The first-order valence-electron chi connectivity index (χ1n) is 25.0. The summed E-state index contributed by atoms with van der Waals surface area (Å²) >= 11 is 7.43. The number of aromatic nitrogens is 2. The number of rotatable bonds is 11. The Labute approximate surface area is 429 Å². The lowest BCUT2D eigenvalue weighted by molar-refractivity contribution is -0.766. The van der Waals surface area contributed by atoms with E-state index in [4.69, 9.17) is 0 Å². The van der Waals surface area contributed by atoms with Crippen molar-refractivity contribution >= 4 is 31.9 Å². The minimum atomic E-state index is -0.133. The molecule has 69 heavy (non-hydrogen) atoms. The Hall–Kier alpha value is -5.42. The zero-order valence-corrected chi connectivity index (χ0v) is 45.5. The van der Waals surface area contributed by atoms with Crippen LogP contribution in [0.15, 0.2) is 179 Å². The SMILES string of the molecule is CCC1(CCC[n+]2ccccc2-c2cc(-c3cc(Br)cc(Br)c3)ccc2C)c2ccc(-c3cc(-c4ccc(C(C)(C)C)cc4)cc(-c4ccc(C(C)(C)C)cc4)c3)cc2-c2cccc[n+]2C1(C)CC. The molecule has 8 aromatic rings. The molecule has 2 nitrogen and oxygen atoms in total. The predicted octanol–water partition coefficient (Wildman–Crippen LogP) is 18.0. The van der Waals surface area contributed by atoms with E-state index in [1.807, 2.05) is 0 Å². The highest BCUT2D eigenvalue weighted by Crippen LogP contribution is 2.53. The molecule has 0 radical (unpaired) electrons. The van der Waals surface area contributed by atoms with Crippen LogP contribution >= 0.6 is 31.9 Å². The summed E-state index contributed by atoms with van der Waals surface area (Å²) in [5, 5.41) is 0. The van der Waals surface area contributed by atoms with Gasteiger partial charge < -0.3 is 0 Å². The van der Waals surface area contributed by atoms with E-state index in [9.17, 15) is 0 Å². The van der Waals surface area contributed by atoms with Crippen molar-refractivity contribution in [2.45, 2.75) is 123 Å². The largest absolute Gasteiger partial charge is 0.213 e. The second-order valence-electron chi connectivity index (χ2n) is 21.8. The lowest BCUT2D eigenvalue weighted by Crippen LogP contribution is -2.68. The molecule has 0 saturated heterocycles. The quantitative estimate of drug-likeness (QED) is 0.114. The van der Waals surface area contributed by atoms with E-state index < -0.39 is 0 Å². The molecule has 2 aromatic heterocycles. The van der Waals surface area contributed by atoms with Crippen molar-refractivity contribution in [1.29, 1.82) is 0 Å². The molecule has 1 aliphatic rings.